The number of hydrogen-bond acceptors (Lipinski definition) is 3. The maximum absolute atomic E-state index is 11.2. The highest BCUT2D eigenvalue weighted by atomic mass is 79.9. The Labute approximate surface area is 143 Å². The molecule has 0 saturated carbocycles. The predicted octanol–water partition coefficient (Wildman–Crippen LogP) is 3.64. The molecular formula is C18H16BrN3O. The van der Waals surface area contributed by atoms with Crippen LogP contribution in [-0.2, 0) is 12.1 Å². The van der Waals surface area contributed by atoms with E-state index in [1.807, 2.05) is 59.3 Å². The van der Waals surface area contributed by atoms with Gasteiger partial charge in [0.15, 0.2) is 0 Å². The van der Waals surface area contributed by atoms with Crippen molar-refractivity contribution < 1.29 is 5.11 Å². The van der Waals surface area contributed by atoms with Gasteiger partial charge in [0.1, 0.15) is 5.60 Å². The first-order valence-electron chi connectivity index (χ1n) is 7.20. The molecule has 2 aromatic heterocycles. The fraction of sp³-hybridized carbons (Fsp3) is 0.111. The Balaban J connectivity index is 1.93. The van der Waals surface area contributed by atoms with E-state index in [9.17, 15) is 5.11 Å². The highest BCUT2D eigenvalue weighted by Gasteiger charge is 2.28. The van der Waals surface area contributed by atoms with Crippen LogP contribution in [0, 0.1) is 0 Å². The van der Waals surface area contributed by atoms with Crippen molar-refractivity contribution in [3.8, 4) is 0 Å². The lowest BCUT2D eigenvalue weighted by Gasteiger charge is -2.24. The lowest BCUT2D eigenvalue weighted by Crippen LogP contribution is -2.29. The van der Waals surface area contributed by atoms with E-state index in [4.69, 9.17) is 0 Å². The van der Waals surface area contributed by atoms with E-state index in [0.29, 0.717) is 12.2 Å². The zero-order chi connectivity index (χ0) is 16.1. The molecule has 5 heteroatoms. The second-order valence-corrected chi connectivity index (χ2v) is 6.17. The van der Waals surface area contributed by atoms with Gasteiger partial charge in [-0.15, -0.1) is 0 Å². The topological polar surface area (TPSA) is 50.9 Å². The number of hydrogen-bond donors (Lipinski definition) is 1. The molecule has 0 bridgehead atoms. The summed E-state index contributed by atoms with van der Waals surface area (Å²) < 4.78 is 2.86. The Morgan fingerprint density at radius 3 is 2.61 bits per heavy atom. The van der Waals surface area contributed by atoms with Gasteiger partial charge in [-0.25, -0.2) is 4.98 Å². The molecule has 0 aliphatic heterocycles. The minimum Gasteiger partial charge on any atom is -0.377 e. The summed E-state index contributed by atoms with van der Waals surface area (Å²) in [6.07, 6.45) is 10.6. The average Bonchev–Trinajstić information content (AvgIpc) is 3.08. The number of halogens is 1. The van der Waals surface area contributed by atoms with E-state index < -0.39 is 5.60 Å². The van der Waals surface area contributed by atoms with E-state index in [1.54, 1.807) is 24.8 Å². The van der Waals surface area contributed by atoms with E-state index in [2.05, 4.69) is 25.9 Å². The summed E-state index contributed by atoms with van der Waals surface area (Å²) in [6, 6.07) is 13.4. The van der Waals surface area contributed by atoms with Crippen LogP contribution in [0.15, 0.2) is 77.9 Å². The number of rotatable bonds is 5. The zero-order valence-electron chi connectivity index (χ0n) is 12.4. The molecule has 3 aromatic rings. The monoisotopic (exact) mass is 369 g/mol. The van der Waals surface area contributed by atoms with E-state index >= 15 is 0 Å². The SMILES string of the molecule is O[C@](/C=C\c1ccc(Br)cc1)(Cn1ccnc1)c1ccccn1. The minimum absolute atomic E-state index is 0.344. The van der Waals surface area contributed by atoms with Crippen molar-refractivity contribution in [2.24, 2.45) is 0 Å². The van der Waals surface area contributed by atoms with Crippen LogP contribution in [0.3, 0.4) is 0 Å². The summed E-state index contributed by atoms with van der Waals surface area (Å²) in [6.45, 7) is 0.344. The second kappa shape index (κ2) is 6.89. The fourth-order valence-electron chi connectivity index (χ4n) is 2.30. The summed E-state index contributed by atoms with van der Waals surface area (Å²) >= 11 is 3.42. The number of imidazole rings is 1. The van der Waals surface area contributed by atoms with Gasteiger partial charge in [-0.1, -0.05) is 40.2 Å². The van der Waals surface area contributed by atoms with Gasteiger partial charge in [-0.2, -0.15) is 0 Å². The molecule has 1 aromatic carbocycles. The molecule has 23 heavy (non-hydrogen) atoms. The van der Waals surface area contributed by atoms with Crippen LogP contribution in [0.4, 0.5) is 0 Å². The average molecular weight is 370 g/mol. The number of nitrogens with zero attached hydrogens (tertiary/aromatic N) is 3. The number of pyridine rings is 1. The van der Waals surface area contributed by atoms with Crippen LogP contribution in [0.25, 0.3) is 6.08 Å². The Kier molecular flexibility index (Phi) is 4.69. The quantitative estimate of drug-likeness (QED) is 0.746. The number of aromatic nitrogens is 3. The van der Waals surface area contributed by atoms with Crippen LogP contribution in [0.2, 0.25) is 0 Å². The summed E-state index contributed by atoms with van der Waals surface area (Å²) in [5, 5.41) is 11.2. The van der Waals surface area contributed by atoms with Gasteiger partial charge in [-0.3, -0.25) is 4.98 Å². The van der Waals surface area contributed by atoms with Gasteiger partial charge >= 0.3 is 0 Å². The van der Waals surface area contributed by atoms with Crippen molar-refractivity contribution in [2.75, 3.05) is 0 Å². The number of benzene rings is 1. The standard InChI is InChI=1S/C18H16BrN3O/c19-16-6-4-15(5-7-16)8-9-18(23,13-22-12-11-20-14-22)17-3-1-2-10-21-17/h1-12,14,23H,13H2/b9-8-/t18-/m1/s1. The van der Waals surface area contributed by atoms with Gasteiger partial charge in [0.2, 0.25) is 0 Å². The van der Waals surface area contributed by atoms with Crippen molar-refractivity contribution >= 4 is 22.0 Å². The zero-order valence-corrected chi connectivity index (χ0v) is 14.0. The Hall–Kier alpha value is -2.24. The molecule has 3 rings (SSSR count). The van der Waals surface area contributed by atoms with Crippen LogP contribution >= 0.6 is 15.9 Å². The normalized spacial score (nSPS) is 14.0. The van der Waals surface area contributed by atoms with Crippen molar-refractivity contribution in [1.82, 2.24) is 14.5 Å². The summed E-state index contributed by atoms with van der Waals surface area (Å²) in [7, 11) is 0. The van der Waals surface area contributed by atoms with E-state index in [1.165, 1.54) is 0 Å². The van der Waals surface area contributed by atoms with Gasteiger partial charge < -0.3 is 9.67 Å². The molecule has 1 N–H and O–H groups in total. The van der Waals surface area contributed by atoms with Gasteiger partial charge in [-0.05, 0) is 35.9 Å². The molecule has 0 radical (unpaired) electrons. The fourth-order valence-corrected chi connectivity index (χ4v) is 2.57. The van der Waals surface area contributed by atoms with Gasteiger partial charge in [0, 0.05) is 23.1 Å². The van der Waals surface area contributed by atoms with Gasteiger partial charge in [0.25, 0.3) is 0 Å². The molecule has 1 atom stereocenters. The Bertz CT molecular complexity index is 770. The molecule has 0 aliphatic carbocycles. The molecule has 0 amide bonds. The van der Waals surface area contributed by atoms with Crippen LogP contribution in [-0.4, -0.2) is 19.6 Å². The smallest absolute Gasteiger partial charge is 0.143 e. The molecule has 0 unspecified atom stereocenters. The van der Waals surface area contributed by atoms with Gasteiger partial charge in [0.05, 0.1) is 18.6 Å². The van der Waals surface area contributed by atoms with Crippen molar-refractivity contribution in [1.29, 1.82) is 0 Å². The molecule has 0 aliphatic rings. The highest BCUT2D eigenvalue weighted by Crippen LogP contribution is 2.24. The van der Waals surface area contributed by atoms with Crippen LogP contribution in [0.1, 0.15) is 11.3 Å². The molecule has 2 heterocycles. The maximum Gasteiger partial charge on any atom is 0.143 e. The molecule has 0 saturated heterocycles. The first-order valence-corrected chi connectivity index (χ1v) is 7.99. The molecule has 0 spiro atoms. The third-order valence-corrected chi connectivity index (χ3v) is 4.04. The lowest BCUT2D eigenvalue weighted by atomic mass is 9.97. The summed E-state index contributed by atoms with van der Waals surface area (Å²) in [5.41, 5.74) is 0.393. The third-order valence-electron chi connectivity index (χ3n) is 3.51. The first-order chi connectivity index (χ1) is 11.2. The second-order valence-electron chi connectivity index (χ2n) is 5.26. The van der Waals surface area contributed by atoms with Crippen LogP contribution in [0.5, 0.6) is 0 Å². The maximum atomic E-state index is 11.2. The van der Waals surface area contributed by atoms with Crippen molar-refractivity contribution in [3.05, 3.63) is 89.2 Å². The largest absolute Gasteiger partial charge is 0.377 e. The number of aliphatic hydroxyl groups is 1. The van der Waals surface area contributed by atoms with E-state index in [0.717, 1.165) is 10.0 Å². The van der Waals surface area contributed by atoms with E-state index in [-0.39, 0.29) is 0 Å². The molecular weight excluding hydrogens is 354 g/mol. The molecule has 0 fully saturated rings. The summed E-state index contributed by atoms with van der Waals surface area (Å²) in [4.78, 5) is 8.35. The Morgan fingerprint density at radius 2 is 1.96 bits per heavy atom. The highest BCUT2D eigenvalue weighted by molar-refractivity contribution is 9.10. The molecule has 4 nitrogen and oxygen atoms in total. The predicted molar refractivity (Wildman–Crippen MR) is 93.5 cm³/mol. The summed E-state index contributed by atoms with van der Waals surface area (Å²) in [5.74, 6) is 0. The van der Waals surface area contributed by atoms with Crippen molar-refractivity contribution in [2.45, 2.75) is 12.1 Å². The van der Waals surface area contributed by atoms with Crippen molar-refractivity contribution in [3.63, 3.8) is 0 Å². The molecule has 116 valence electrons. The lowest BCUT2D eigenvalue weighted by molar-refractivity contribution is 0.0659. The first kappa shape index (κ1) is 15.6. The third kappa shape index (κ3) is 3.94. The minimum atomic E-state index is -1.21. The van der Waals surface area contributed by atoms with Crippen LogP contribution < -0.4 is 0 Å². The Morgan fingerprint density at radius 1 is 1.13 bits per heavy atom.